The molecule has 0 saturated carbocycles. The Hall–Kier alpha value is -2.33. The van der Waals surface area contributed by atoms with Gasteiger partial charge in [0.05, 0.1) is 11.6 Å². The molecule has 0 aromatic heterocycles. The number of carbonyl (C=O) groups is 1. The summed E-state index contributed by atoms with van der Waals surface area (Å²) in [7, 11) is 1.69. The van der Waals surface area contributed by atoms with Gasteiger partial charge in [0.2, 0.25) is 0 Å². The summed E-state index contributed by atoms with van der Waals surface area (Å²) in [4.78, 5) is 14.2. The van der Waals surface area contributed by atoms with Crippen molar-refractivity contribution < 1.29 is 15.0 Å². The summed E-state index contributed by atoms with van der Waals surface area (Å²) in [5.41, 5.74) is 2.12. The maximum Gasteiger partial charge on any atom is 0.257 e. The second kappa shape index (κ2) is 7.09. The number of nitrogens with zero attached hydrogens (tertiary/aromatic N) is 1. The van der Waals surface area contributed by atoms with Crippen molar-refractivity contribution in [3.63, 3.8) is 0 Å². The molecule has 0 aliphatic carbocycles. The molecule has 2 N–H and O–H groups in total. The standard InChI is InChI=1S/C18H21NO3/c1-13-8-9-15(17(21)12-13)18(22)19(2)16(10-11-20)14-6-4-3-5-7-14/h3-9,12,16,20-21H,10-11H2,1-2H3. The number of phenolic OH excluding ortho intramolecular Hbond substituents is 1. The maximum absolute atomic E-state index is 12.7. The van der Waals surface area contributed by atoms with Crippen LogP contribution in [0, 0.1) is 6.92 Å². The molecule has 4 heteroatoms. The lowest BCUT2D eigenvalue weighted by Gasteiger charge is -2.28. The Kier molecular flexibility index (Phi) is 5.17. The molecular formula is C18H21NO3. The molecule has 22 heavy (non-hydrogen) atoms. The highest BCUT2D eigenvalue weighted by Gasteiger charge is 2.24. The van der Waals surface area contributed by atoms with Gasteiger partial charge in [-0.05, 0) is 36.6 Å². The molecule has 0 bridgehead atoms. The fourth-order valence-electron chi connectivity index (χ4n) is 2.54. The largest absolute Gasteiger partial charge is 0.507 e. The number of carbonyl (C=O) groups excluding carboxylic acids is 1. The van der Waals surface area contributed by atoms with Gasteiger partial charge >= 0.3 is 0 Å². The van der Waals surface area contributed by atoms with Crippen LogP contribution in [0.5, 0.6) is 5.75 Å². The number of aryl methyl sites for hydroxylation is 1. The van der Waals surface area contributed by atoms with Gasteiger partial charge in [0.25, 0.3) is 5.91 Å². The van der Waals surface area contributed by atoms with Crippen LogP contribution in [-0.4, -0.2) is 34.7 Å². The van der Waals surface area contributed by atoms with E-state index < -0.39 is 0 Å². The number of amides is 1. The van der Waals surface area contributed by atoms with E-state index in [4.69, 9.17) is 0 Å². The maximum atomic E-state index is 12.7. The number of aliphatic hydroxyl groups is 1. The predicted octanol–water partition coefficient (Wildman–Crippen LogP) is 2.90. The Morgan fingerprint density at radius 2 is 1.86 bits per heavy atom. The molecule has 2 rings (SSSR count). The zero-order valence-corrected chi connectivity index (χ0v) is 12.9. The average Bonchev–Trinajstić information content (AvgIpc) is 2.52. The van der Waals surface area contributed by atoms with Crippen LogP contribution in [0.1, 0.15) is 33.9 Å². The highest BCUT2D eigenvalue weighted by atomic mass is 16.3. The van der Waals surface area contributed by atoms with Gasteiger partial charge in [0, 0.05) is 13.7 Å². The van der Waals surface area contributed by atoms with E-state index in [1.54, 1.807) is 30.1 Å². The van der Waals surface area contributed by atoms with Gasteiger partial charge in [0.1, 0.15) is 5.75 Å². The predicted molar refractivity (Wildman–Crippen MR) is 85.8 cm³/mol. The average molecular weight is 299 g/mol. The number of hydrogen-bond acceptors (Lipinski definition) is 3. The fraction of sp³-hybridized carbons (Fsp3) is 0.278. The van der Waals surface area contributed by atoms with Crippen molar-refractivity contribution >= 4 is 5.91 Å². The molecule has 4 nitrogen and oxygen atoms in total. The number of phenols is 1. The molecule has 0 heterocycles. The number of hydrogen-bond donors (Lipinski definition) is 2. The summed E-state index contributed by atoms with van der Waals surface area (Å²) in [6, 6.07) is 14.3. The van der Waals surface area contributed by atoms with Crippen LogP contribution in [-0.2, 0) is 0 Å². The molecule has 0 spiro atoms. The molecule has 0 saturated heterocycles. The number of benzene rings is 2. The van der Waals surface area contributed by atoms with E-state index in [1.165, 1.54) is 0 Å². The topological polar surface area (TPSA) is 60.8 Å². The van der Waals surface area contributed by atoms with Crippen molar-refractivity contribution in [3.8, 4) is 5.75 Å². The van der Waals surface area contributed by atoms with Gasteiger partial charge in [-0.25, -0.2) is 0 Å². The Balaban J connectivity index is 2.30. The normalized spacial score (nSPS) is 12.0. The molecule has 0 aliphatic heterocycles. The van der Waals surface area contributed by atoms with Crippen molar-refractivity contribution in [2.75, 3.05) is 13.7 Å². The SMILES string of the molecule is Cc1ccc(C(=O)N(C)C(CCO)c2ccccc2)c(O)c1. The molecule has 0 radical (unpaired) electrons. The van der Waals surface area contributed by atoms with Crippen molar-refractivity contribution in [1.82, 2.24) is 4.90 Å². The third-order valence-electron chi connectivity index (χ3n) is 3.76. The molecule has 1 atom stereocenters. The van der Waals surface area contributed by atoms with Crippen LogP contribution in [0.25, 0.3) is 0 Å². The second-order valence-corrected chi connectivity index (χ2v) is 5.38. The zero-order valence-electron chi connectivity index (χ0n) is 12.9. The number of rotatable bonds is 5. The van der Waals surface area contributed by atoms with Crippen LogP contribution in [0.3, 0.4) is 0 Å². The molecule has 2 aromatic rings. The highest BCUT2D eigenvalue weighted by molar-refractivity contribution is 5.97. The minimum absolute atomic E-state index is 0.0168. The molecule has 1 unspecified atom stereocenters. The smallest absolute Gasteiger partial charge is 0.257 e. The van der Waals surface area contributed by atoms with E-state index in [1.807, 2.05) is 37.3 Å². The summed E-state index contributed by atoms with van der Waals surface area (Å²) in [5, 5.41) is 19.3. The first-order valence-electron chi connectivity index (χ1n) is 7.27. The third-order valence-corrected chi connectivity index (χ3v) is 3.76. The van der Waals surface area contributed by atoms with E-state index in [-0.39, 0.29) is 29.9 Å². The lowest BCUT2D eigenvalue weighted by molar-refractivity contribution is 0.0702. The minimum Gasteiger partial charge on any atom is -0.507 e. The van der Waals surface area contributed by atoms with Crippen LogP contribution in [0.2, 0.25) is 0 Å². The molecule has 116 valence electrons. The lowest BCUT2D eigenvalue weighted by Crippen LogP contribution is -2.32. The summed E-state index contributed by atoms with van der Waals surface area (Å²) in [6.07, 6.45) is 0.443. The van der Waals surface area contributed by atoms with Crippen LogP contribution in [0.4, 0.5) is 0 Å². The molecule has 1 amide bonds. The molecule has 2 aromatic carbocycles. The van der Waals surface area contributed by atoms with Crippen molar-refractivity contribution in [1.29, 1.82) is 0 Å². The first kappa shape index (κ1) is 16.0. The first-order valence-corrected chi connectivity index (χ1v) is 7.27. The summed E-state index contributed by atoms with van der Waals surface area (Å²) < 4.78 is 0. The van der Waals surface area contributed by atoms with Crippen molar-refractivity contribution in [2.45, 2.75) is 19.4 Å². The summed E-state index contributed by atoms with van der Waals surface area (Å²) in [6.45, 7) is 1.84. The molecule has 0 fully saturated rings. The van der Waals surface area contributed by atoms with Gasteiger partial charge in [-0.3, -0.25) is 4.79 Å². The van der Waals surface area contributed by atoms with Crippen LogP contribution in [0.15, 0.2) is 48.5 Å². The first-order chi connectivity index (χ1) is 10.5. The van der Waals surface area contributed by atoms with Crippen molar-refractivity contribution in [2.24, 2.45) is 0 Å². The molecule has 0 aliphatic rings. The lowest BCUT2D eigenvalue weighted by atomic mass is 10.0. The van der Waals surface area contributed by atoms with Gasteiger partial charge in [-0.1, -0.05) is 36.4 Å². The Morgan fingerprint density at radius 3 is 2.45 bits per heavy atom. The Labute approximate surface area is 130 Å². The van der Waals surface area contributed by atoms with Gasteiger partial charge in [-0.2, -0.15) is 0 Å². The Morgan fingerprint density at radius 1 is 1.18 bits per heavy atom. The van der Waals surface area contributed by atoms with Gasteiger partial charge in [-0.15, -0.1) is 0 Å². The van der Waals surface area contributed by atoms with Crippen LogP contribution < -0.4 is 0 Å². The highest BCUT2D eigenvalue weighted by Crippen LogP contribution is 2.27. The van der Waals surface area contributed by atoms with Gasteiger partial charge in [0.15, 0.2) is 0 Å². The van der Waals surface area contributed by atoms with E-state index in [0.717, 1.165) is 11.1 Å². The van der Waals surface area contributed by atoms with Gasteiger partial charge < -0.3 is 15.1 Å². The monoisotopic (exact) mass is 299 g/mol. The fourth-order valence-corrected chi connectivity index (χ4v) is 2.54. The third kappa shape index (κ3) is 3.46. The van der Waals surface area contributed by atoms with Crippen LogP contribution >= 0.6 is 0 Å². The zero-order chi connectivity index (χ0) is 16.1. The van der Waals surface area contributed by atoms with E-state index in [9.17, 15) is 15.0 Å². The van der Waals surface area contributed by atoms with E-state index >= 15 is 0 Å². The number of aliphatic hydroxyl groups excluding tert-OH is 1. The number of aromatic hydroxyl groups is 1. The second-order valence-electron chi connectivity index (χ2n) is 5.38. The quantitative estimate of drug-likeness (QED) is 0.892. The Bertz CT molecular complexity index is 640. The van der Waals surface area contributed by atoms with Crippen molar-refractivity contribution in [3.05, 3.63) is 65.2 Å². The molecular weight excluding hydrogens is 278 g/mol. The van der Waals surface area contributed by atoms with E-state index in [2.05, 4.69) is 0 Å². The van der Waals surface area contributed by atoms with E-state index in [0.29, 0.717) is 6.42 Å². The summed E-state index contributed by atoms with van der Waals surface area (Å²) >= 11 is 0. The minimum atomic E-state index is -0.264. The summed E-state index contributed by atoms with van der Waals surface area (Å²) in [5.74, 6) is -0.285.